The van der Waals surface area contributed by atoms with Crippen molar-refractivity contribution in [3.8, 4) is 0 Å². The fourth-order valence-electron chi connectivity index (χ4n) is 2.90. The van der Waals surface area contributed by atoms with Crippen LogP contribution in [-0.4, -0.2) is 28.6 Å². The Kier molecular flexibility index (Phi) is 5.49. The molecule has 0 unspecified atom stereocenters. The summed E-state index contributed by atoms with van der Waals surface area (Å²) in [6, 6.07) is 7.18. The summed E-state index contributed by atoms with van der Waals surface area (Å²) in [6.45, 7) is 1.74. The topological polar surface area (TPSA) is 49.3 Å². The first kappa shape index (κ1) is 15.4. The lowest BCUT2D eigenvalue weighted by molar-refractivity contribution is 0.0696. The highest BCUT2D eigenvalue weighted by Crippen LogP contribution is 2.37. The van der Waals surface area contributed by atoms with Crippen LogP contribution in [-0.2, 0) is 6.54 Å². The van der Waals surface area contributed by atoms with Gasteiger partial charge in [-0.05, 0) is 36.8 Å². The molecule has 0 spiro atoms. The van der Waals surface area contributed by atoms with Crippen molar-refractivity contribution < 1.29 is 9.90 Å². The van der Waals surface area contributed by atoms with Crippen LogP contribution in [0, 0.1) is 0 Å². The van der Waals surface area contributed by atoms with Crippen LogP contribution in [0.4, 0.5) is 0 Å². The molecule has 0 amide bonds. The van der Waals surface area contributed by atoms with Crippen LogP contribution in [0.1, 0.15) is 48.0 Å². The van der Waals surface area contributed by atoms with Crippen LogP contribution in [0.2, 0.25) is 0 Å². The lowest BCUT2D eigenvalue weighted by Gasteiger charge is -2.36. The van der Waals surface area contributed by atoms with E-state index < -0.39 is 5.97 Å². The number of hydrogen-bond acceptors (Lipinski definition) is 3. The molecule has 0 bridgehead atoms. The summed E-state index contributed by atoms with van der Waals surface area (Å²) in [6.07, 6.45) is 8.81. The molecule has 0 heterocycles. The average Bonchev–Trinajstić information content (AvgIpc) is 2.48. The lowest BCUT2D eigenvalue weighted by Crippen LogP contribution is -2.39. The van der Waals surface area contributed by atoms with Crippen LogP contribution >= 0.6 is 11.8 Å². The summed E-state index contributed by atoms with van der Waals surface area (Å²) in [5.74, 6) is -0.861. The molecule has 0 atom stereocenters. The molecule has 0 radical (unpaired) electrons. The van der Waals surface area contributed by atoms with Crippen molar-refractivity contribution in [2.75, 3.05) is 12.8 Å². The number of carboxylic acids is 1. The van der Waals surface area contributed by atoms with Gasteiger partial charge in [0.05, 0.1) is 5.56 Å². The Hall–Kier alpha value is -1.00. The highest BCUT2D eigenvalue weighted by Gasteiger charge is 2.30. The molecule has 1 aliphatic rings. The fourth-order valence-corrected chi connectivity index (χ4v) is 3.84. The van der Waals surface area contributed by atoms with E-state index in [-0.39, 0.29) is 0 Å². The Balaban J connectivity index is 1.88. The molecule has 1 aromatic carbocycles. The molecule has 1 aliphatic carbocycles. The second-order valence-electron chi connectivity index (χ2n) is 5.56. The van der Waals surface area contributed by atoms with Crippen LogP contribution in [0.5, 0.6) is 0 Å². The molecular formula is C16H23NO2S. The average molecular weight is 293 g/mol. The maximum atomic E-state index is 10.9. The van der Waals surface area contributed by atoms with E-state index in [1.54, 1.807) is 12.1 Å². The van der Waals surface area contributed by atoms with Gasteiger partial charge in [-0.25, -0.2) is 4.79 Å². The minimum Gasteiger partial charge on any atom is -0.478 e. The standard InChI is InChI=1S/C16H23NO2S/c1-20-16(8-3-2-4-9-16)12-17-11-13-6-5-7-14(10-13)15(18)19/h5-7,10,17H,2-4,8-9,11-12H2,1H3,(H,18,19). The number of aromatic carboxylic acids is 1. The van der Waals surface area contributed by atoms with E-state index in [4.69, 9.17) is 5.11 Å². The molecule has 3 nitrogen and oxygen atoms in total. The smallest absolute Gasteiger partial charge is 0.335 e. The summed E-state index contributed by atoms with van der Waals surface area (Å²) < 4.78 is 0.378. The summed E-state index contributed by atoms with van der Waals surface area (Å²) in [5, 5.41) is 12.5. The van der Waals surface area contributed by atoms with Crippen LogP contribution in [0.3, 0.4) is 0 Å². The van der Waals surface area contributed by atoms with Crippen LogP contribution < -0.4 is 5.32 Å². The second-order valence-corrected chi connectivity index (χ2v) is 6.83. The molecule has 110 valence electrons. The van der Waals surface area contributed by atoms with Gasteiger partial charge in [0.2, 0.25) is 0 Å². The van der Waals surface area contributed by atoms with Gasteiger partial charge in [-0.1, -0.05) is 31.4 Å². The Labute approximate surface area is 125 Å². The first-order valence-electron chi connectivity index (χ1n) is 7.23. The minimum atomic E-state index is -0.861. The van der Waals surface area contributed by atoms with Gasteiger partial charge < -0.3 is 10.4 Å². The highest BCUT2D eigenvalue weighted by atomic mass is 32.2. The maximum Gasteiger partial charge on any atom is 0.335 e. The van der Waals surface area contributed by atoms with Gasteiger partial charge in [0, 0.05) is 17.8 Å². The van der Waals surface area contributed by atoms with Gasteiger partial charge in [0.1, 0.15) is 0 Å². The number of benzene rings is 1. The molecular weight excluding hydrogens is 270 g/mol. The molecule has 20 heavy (non-hydrogen) atoms. The van der Waals surface area contributed by atoms with Crippen LogP contribution in [0.15, 0.2) is 24.3 Å². The van der Waals surface area contributed by atoms with E-state index in [1.807, 2.05) is 23.9 Å². The molecule has 2 rings (SSSR count). The van der Waals surface area contributed by atoms with Crippen molar-refractivity contribution in [2.45, 2.75) is 43.4 Å². The van der Waals surface area contributed by atoms with Crippen molar-refractivity contribution >= 4 is 17.7 Å². The zero-order valence-electron chi connectivity index (χ0n) is 12.0. The van der Waals surface area contributed by atoms with Crippen molar-refractivity contribution in [1.29, 1.82) is 0 Å². The van der Waals surface area contributed by atoms with Crippen LogP contribution in [0.25, 0.3) is 0 Å². The molecule has 1 saturated carbocycles. The second kappa shape index (κ2) is 7.14. The lowest BCUT2D eigenvalue weighted by atomic mass is 9.88. The predicted molar refractivity (Wildman–Crippen MR) is 84.4 cm³/mol. The van der Waals surface area contributed by atoms with Gasteiger partial charge in [-0.15, -0.1) is 0 Å². The normalized spacial score (nSPS) is 17.9. The molecule has 1 fully saturated rings. The summed E-state index contributed by atoms with van der Waals surface area (Å²) in [5.41, 5.74) is 1.40. The predicted octanol–water partition coefficient (Wildman–Crippen LogP) is 3.54. The van der Waals surface area contributed by atoms with Crippen molar-refractivity contribution in [3.63, 3.8) is 0 Å². The van der Waals surface area contributed by atoms with E-state index in [1.165, 1.54) is 32.1 Å². The van der Waals surface area contributed by atoms with E-state index in [0.29, 0.717) is 10.3 Å². The van der Waals surface area contributed by atoms with Gasteiger partial charge >= 0.3 is 5.97 Å². The molecule has 4 heteroatoms. The number of hydrogen-bond donors (Lipinski definition) is 2. The summed E-state index contributed by atoms with van der Waals surface area (Å²) >= 11 is 1.98. The number of carbonyl (C=O) groups is 1. The Morgan fingerprint density at radius 2 is 2.10 bits per heavy atom. The fraction of sp³-hybridized carbons (Fsp3) is 0.562. The van der Waals surface area contributed by atoms with Gasteiger partial charge in [0.25, 0.3) is 0 Å². The Morgan fingerprint density at radius 1 is 1.35 bits per heavy atom. The third kappa shape index (κ3) is 4.00. The number of thioether (sulfide) groups is 1. The van der Waals surface area contributed by atoms with E-state index in [9.17, 15) is 4.79 Å². The molecule has 1 aromatic rings. The quantitative estimate of drug-likeness (QED) is 0.842. The Morgan fingerprint density at radius 3 is 2.75 bits per heavy atom. The largest absolute Gasteiger partial charge is 0.478 e. The van der Waals surface area contributed by atoms with Crippen molar-refractivity contribution in [2.24, 2.45) is 0 Å². The highest BCUT2D eigenvalue weighted by molar-refractivity contribution is 8.00. The third-order valence-electron chi connectivity index (χ3n) is 4.15. The van der Waals surface area contributed by atoms with E-state index in [0.717, 1.165) is 18.7 Å². The minimum absolute atomic E-state index is 0.363. The van der Waals surface area contributed by atoms with E-state index in [2.05, 4.69) is 11.6 Å². The number of rotatable bonds is 6. The monoisotopic (exact) mass is 293 g/mol. The number of nitrogens with one attached hydrogen (secondary N) is 1. The van der Waals surface area contributed by atoms with Gasteiger partial charge in [-0.2, -0.15) is 11.8 Å². The van der Waals surface area contributed by atoms with Gasteiger partial charge in [-0.3, -0.25) is 0 Å². The zero-order chi connectivity index (χ0) is 14.4. The molecule has 0 saturated heterocycles. The SMILES string of the molecule is CSC1(CNCc2cccc(C(=O)O)c2)CCCCC1. The number of carboxylic acid groups (broad SMARTS) is 1. The van der Waals surface area contributed by atoms with Crippen molar-refractivity contribution in [3.05, 3.63) is 35.4 Å². The zero-order valence-corrected chi connectivity index (χ0v) is 12.8. The maximum absolute atomic E-state index is 10.9. The molecule has 2 N–H and O–H groups in total. The van der Waals surface area contributed by atoms with Gasteiger partial charge in [0.15, 0.2) is 0 Å². The molecule has 0 aliphatic heterocycles. The third-order valence-corrected chi connectivity index (χ3v) is 5.57. The first-order chi connectivity index (χ1) is 9.65. The Bertz CT molecular complexity index is 456. The van der Waals surface area contributed by atoms with Crippen molar-refractivity contribution in [1.82, 2.24) is 5.32 Å². The van der Waals surface area contributed by atoms with E-state index >= 15 is 0 Å². The summed E-state index contributed by atoms with van der Waals surface area (Å²) in [4.78, 5) is 10.9. The molecule has 0 aromatic heterocycles. The summed E-state index contributed by atoms with van der Waals surface area (Å²) in [7, 11) is 0. The first-order valence-corrected chi connectivity index (χ1v) is 8.46.